The Balaban J connectivity index is 2.45. The van der Waals surface area contributed by atoms with Gasteiger partial charge in [0.25, 0.3) is 0 Å². The molecule has 22 heavy (non-hydrogen) atoms. The third-order valence-electron chi connectivity index (χ3n) is 3.75. The molecule has 1 heterocycles. The zero-order valence-electron chi connectivity index (χ0n) is 14.2. The van der Waals surface area contributed by atoms with Crippen molar-refractivity contribution in [3.63, 3.8) is 0 Å². The van der Waals surface area contributed by atoms with Crippen LogP contribution in [0.3, 0.4) is 0 Å². The van der Waals surface area contributed by atoms with Crippen LogP contribution < -0.4 is 10.1 Å². The number of benzene rings is 1. The van der Waals surface area contributed by atoms with E-state index in [9.17, 15) is 0 Å². The second-order valence-electron chi connectivity index (χ2n) is 6.36. The van der Waals surface area contributed by atoms with Crippen LogP contribution in [0.15, 0.2) is 30.9 Å². The van der Waals surface area contributed by atoms with Crippen molar-refractivity contribution in [2.75, 3.05) is 19.0 Å². The number of fused-ring (bicyclic) bond motifs is 1. The van der Waals surface area contributed by atoms with Crippen LogP contribution in [0, 0.1) is 0 Å². The first-order valence-corrected chi connectivity index (χ1v) is 7.77. The van der Waals surface area contributed by atoms with Crippen LogP contribution in [-0.4, -0.2) is 31.5 Å². The highest BCUT2D eigenvalue weighted by molar-refractivity contribution is 5.53. The van der Waals surface area contributed by atoms with Gasteiger partial charge in [-0.25, -0.2) is 0 Å². The number of ether oxygens (including phenoxy) is 3. The van der Waals surface area contributed by atoms with Gasteiger partial charge in [-0.15, -0.1) is 6.58 Å². The van der Waals surface area contributed by atoms with Gasteiger partial charge in [0.05, 0.1) is 12.7 Å². The summed E-state index contributed by atoms with van der Waals surface area (Å²) in [6.07, 6.45) is 1.47. The molecule has 0 saturated carbocycles. The maximum Gasteiger partial charge on any atom is 0.132 e. The first-order valence-electron chi connectivity index (χ1n) is 7.77. The van der Waals surface area contributed by atoms with E-state index in [0.29, 0.717) is 6.61 Å². The highest BCUT2D eigenvalue weighted by atomic mass is 16.6. The molecule has 1 aliphatic rings. The first kappa shape index (κ1) is 16.8. The van der Waals surface area contributed by atoms with Crippen molar-refractivity contribution in [3.8, 4) is 5.75 Å². The maximum atomic E-state index is 6.20. The molecule has 1 aromatic rings. The van der Waals surface area contributed by atoms with Gasteiger partial charge in [-0.3, -0.25) is 0 Å². The van der Waals surface area contributed by atoms with Gasteiger partial charge in [-0.2, -0.15) is 0 Å². The van der Waals surface area contributed by atoms with Crippen LogP contribution in [0.4, 0.5) is 5.69 Å². The summed E-state index contributed by atoms with van der Waals surface area (Å²) in [4.78, 5) is 0. The predicted molar refractivity (Wildman–Crippen MR) is 89.6 cm³/mol. The van der Waals surface area contributed by atoms with Gasteiger partial charge in [0, 0.05) is 18.3 Å². The van der Waals surface area contributed by atoms with Crippen molar-refractivity contribution in [2.24, 2.45) is 0 Å². The molecule has 0 radical (unpaired) electrons. The quantitative estimate of drug-likeness (QED) is 0.808. The molecule has 0 aliphatic carbocycles. The fourth-order valence-corrected chi connectivity index (χ4v) is 2.79. The molecule has 0 spiro atoms. The summed E-state index contributed by atoms with van der Waals surface area (Å²) in [6.45, 7) is 12.3. The molecule has 2 rings (SSSR count). The summed E-state index contributed by atoms with van der Waals surface area (Å²) in [5, 5.41) is 3.16. The minimum Gasteiger partial charge on any atom is -0.485 e. The van der Waals surface area contributed by atoms with Crippen molar-refractivity contribution in [1.82, 2.24) is 0 Å². The molecule has 1 N–H and O–H groups in total. The lowest BCUT2D eigenvalue weighted by Crippen LogP contribution is -2.51. The largest absolute Gasteiger partial charge is 0.485 e. The summed E-state index contributed by atoms with van der Waals surface area (Å²) in [6, 6.07) is 6.07. The topological polar surface area (TPSA) is 39.7 Å². The minimum absolute atomic E-state index is 0.0971. The Bertz CT molecular complexity index is 525. The number of anilines is 1. The summed E-state index contributed by atoms with van der Waals surface area (Å²) in [7, 11) is 1.90. The SMILES string of the molecule is C=CCOC1C(OC(C)C)c2cc(NC)ccc2OC1(C)C. The van der Waals surface area contributed by atoms with E-state index in [1.54, 1.807) is 6.08 Å². The molecule has 0 aromatic heterocycles. The first-order chi connectivity index (χ1) is 10.4. The third-order valence-corrected chi connectivity index (χ3v) is 3.75. The van der Waals surface area contributed by atoms with E-state index in [-0.39, 0.29) is 18.3 Å². The fourth-order valence-electron chi connectivity index (χ4n) is 2.79. The highest BCUT2D eigenvalue weighted by Crippen LogP contribution is 2.44. The van der Waals surface area contributed by atoms with E-state index in [2.05, 4.69) is 18.0 Å². The van der Waals surface area contributed by atoms with Crippen LogP contribution in [0.5, 0.6) is 5.75 Å². The molecule has 0 amide bonds. The second-order valence-corrected chi connectivity index (χ2v) is 6.36. The summed E-state index contributed by atoms with van der Waals surface area (Å²) < 4.78 is 18.4. The van der Waals surface area contributed by atoms with Gasteiger partial charge < -0.3 is 19.5 Å². The van der Waals surface area contributed by atoms with Crippen LogP contribution in [0.25, 0.3) is 0 Å². The minimum atomic E-state index is -0.475. The maximum absolute atomic E-state index is 6.20. The molecule has 0 saturated heterocycles. The summed E-state index contributed by atoms with van der Waals surface area (Å²) in [5.74, 6) is 0.855. The average Bonchev–Trinajstić information content (AvgIpc) is 2.45. The lowest BCUT2D eigenvalue weighted by atomic mass is 9.87. The lowest BCUT2D eigenvalue weighted by molar-refractivity contribution is -0.168. The monoisotopic (exact) mass is 305 g/mol. The number of hydrogen-bond donors (Lipinski definition) is 1. The Morgan fingerprint density at radius 2 is 2.14 bits per heavy atom. The normalized spacial score (nSPS) is 22.8. The van der Waals surface area contributed by atoms with E-state index in [0.717, 1.165) is 17.0 Å². The number of rotatable bonds is 6. The second kappa shape index (κ2) is 6.71. The Morgan fingerprint density at radius 3 is 2.73 bits per heavy atom. The zero-order chi connectivity index (χ0) is 16.3. The van der Waals surface area contributed by atoms with Crippen molar-refractivity contribution < 1.29 is 14.2 Å². The van der Waals surface area contributed by atoms with E-state index in [1.807, 2.05) is 46.9 Å². The van der Waals surface area contributed by atoms with Crippen LogP contribution in [0.2, 0.25) is 0 Å². The zero-order valence-corrected chi connectivity index (χ0v) is 14.2. The third kappa shape index (κ3) is 3.45. The van der Waals surface area contributed by atoms with Crippen LogP contribution in [0.1, 0.15) is 39.4 Å². The van der Waals surface area contributed by atoms with Gasteiger partial charge in [-0.05, 0) is 45.9 Å². The highest BCUT2D eigenvalue weighted by Gasteiger charge is 2.45. The smallest absolute Gasteiger partial charge is 0.132 e. The molecule has 4 nitrogen and oxygen atoms in total. The molecule has 122 valence electrons. The average molecular weight is 305 g/mol. The Hall–Kier alpha value is -1.52. The lowest BCUT2D eigenvalue weighted by Gasteiger charge is -2.44. The van der Waals surface area contributed by atoms with E-state index in [1.165, 1.54) is 0 Å². The molecule has 4 heteroatoms. The van der Waals surface area contributed by atoms with Gasteiger partial charge >= 0.3 is 0 Å². The van der Waals surface area contributed by atoms with E-state index in [4.69, 9.17) is 14.2 Å². The molecular formula is C18H27NO3. The van der Waals surface area contributed by atoms with Crippen molar-refractivity contribution in [1.29, 1.82) is 0 Å². The molecule has 1 aliphatic heterocycles. The molecule has 1 aromatic carbocycles. The fraction of sp³-hybridized carbons (Fsp3) is 0.556. The van der Waals surface area contributed by atoms with Crippen LogP contribution in [-0.2, 0) is 9.47 Å². The van der Waals surface area contributed by atoms with Crippen LogP contribution >= 0.6 is 0 Å². The number of hydrogen-bond acceptors (Lipinski definition) is 4. The van der Waals surface area contributed by atoms with E-state index < -0.39 is 5.60 Å². The Labute approximate surface area is 133 Å². The van der Waals surface area contributed by atoms with Crippen molar-refractivity contribution >= 4 is 5.69 Å². The summed E-state index contributed by atoms with van der Waals surface area (Å²) in [5.41, 5.74) is 1.58. The molecule has 0 bridgehead atoms. The van der Waals surface area contributed by atoms with Crippen molar-refractivity contribution in [2.45, 2.75) is 51.6 Å². The molecule has 2 atom stereocenters. The molecule has 0 fully saturated rings. The van der Waals surface area contributed by atoms with E-state index >= 15 is 0 Å². The Kier molecular flexibility index (Phi) is 5.14. The Morgan fingerprint density at radius 1 is 1.41 bits per heavy atom. The standard InChI is InChI=1S/C18H27NO3/c1-7-10-20-17-16(21-12(2)3)14-11-13(19-6)8-9-15(14)22-18(17,4)5/h7-9,11-12,16-17,19H,1,10H2,2-6H3. The van der Waals surface area contributed by atoms with Gasteiger partial charge in [0.1, 0.15) is 23.6 Å². The van der Waals surface area contributed by atoms with Gasteiger partial charge in [0.2, 0.25) is 0 Å². The predicted octanol–water partition coefficient (Wildman–Crippen LogP) is 3.94. The molecule has 2 unspecified atom stereocenters. The number of nitrogens with one attached hydrogen (secondary N) is 1. The summed E-state index contributed by atoms with van der Waals surface area (Å²) >= 11 is 0. The van der Waals surface area contributed by atoms with Crippen molar-refractivity contribution in [3.05, 3.63) is 36.4 Å². The van der Waals surface area contributed by atoms with Gasteiger partial charge in [0.15, 0.2) is 0 Å². The van der Waals surface area contributed by atoms with Gasteiger partial charge in [-0.1, -0.05) is 6.08 Å². The molecular weight excluding hydrogens is 278 g/mol.